The minimum Gasteiger partial charge on any atom is -0.481 e. The molecule has 0 aliphatic carbocycles. The van der Waals surface area contributed by atoms with Crippen LogP contribution in [0.1, 0.15) is 32.6 Å². The number of likely N-dealkylation sites (tertiary alicyclic amines) is 1. The molecule has 1 aliphatic heterocycles. The van der Waals surface area contributed by atoms with E-state index in [4.69, 9.17) is 5.11 Å². The number of nitrogens with zero attached hydrogens (tertiary/aromatic N) is 1. The highest BCUT2D eigenvalue weighted by Gasteiger charge is 2.19. The first-order valence-electron chi connectivity index (χ1n) is 6.17. The van der Waals surface area contributed by atoms with Crippen LogP contribution in [0, 0.1) is 5.92 Å². The predicted molar refractivity (Wildman–Crippen MR) is 64.7 cm³/mol. The molecule has 0 aromatic rings. The van der Waals surface area contributed by atoms with Gasteiger partial charge < -0.3 is 15.3 Å². The highest BCUT2D eigenvalue weighted by Crippen LogP contribution is 2.11. The summed E-state index contributed by atoms with van der Waals surface area (Å²) in [5.41, 5.74) is 0. The van der Waals surface area contributed by atoms with Crippen LogP contribution in [0.15, 0.2) is 0 Å². The number of aliphatic carboxylic acids is 1. The largest absolute Gasteiger partial charge is 0.481 e. The summed E-state index contributed by atoms with van der Waals surface area (Å²) in [5.74, 6) is -0.961. The van der Waals surface area contributed by atoms with Crippen molar-refractivity contribution in [2.75, 3.05) is 20.1 Å². The zero-order valence-electron chi connectivity index (χ0n) is 10.6. The van der Waals surface area contributed by atoms with Crippen molar-refractivity contribution in [1.82, 2.24) is 10.2 Å². The van der Waals surface area contributed by atoms with E-state index in [9.17, 15) is 9.59 Å². The lowest BCUT2D eigenvalue weighted by Gasteiger charge is -2.29. The lowest BCUT2D eigenvalue weighted by Crippen LogP contribution is -2.43. The van der Waals surface area contributed by atoms with Gasteiger partial charge in [-0.05, 0) is 38.9 Å². The van der Waals surface area contributed by atoms with Gasteiger partial charge in [0.25, 0.3) is 0 Å². The second kappa shape index (κ2) is 6.59. The van der Waals surface area contributed by atoms with Gasteiger partial charge in [0.05, 0.1) is 0 Å². The third-order valence-corrected chi connectivity index (χ3v) is 3.14. The van der Waals surface area contributed by atoms with Crippen LogP contribution in [-0.4, -0.2) is 48.1 Å². The van der Waals surface area contributed by atoms with Crippen molar-refractivity contribution >= 4 is 11.9 Å². The van der Waals surface area contributed by atoms with E-state index in [2.05, 4.69) is 17.3 Å². The van der Waals surface area contributed by atoms with Crippen LogP contribution in [0.3, 0.4) is 0 Å². The van der Waals surface area contributed by atoms with E-state index in [1.54, 1.807) is 6.92 Å². The van der Waals surface area contributed by atoms with Crippen LogP contribution in [-0.2, 0) is 9.59 Å². The molecule has 1 atom stereocenters. The Morgan fingerprint density at radius 1 is 1.35 bits per heavy atom. The second-order valence-corrected chi connectivity index (χ2v) is 5.05. The Bertz CT molecular complexity index is 273. The van der Waals surface area contributed by atoms with Crippen LogP contribution in [0.4, 0.5) is 0 Å². The monoisotopic (exact) mass is 242 g/mol. The Hall–Kier alpha value is -1.10. The fourth-order valence-electron chi connectivity index (χ4n) is 2.13. The molecule has 1 saturated heterocycles. The maximum absolute atomic E-state index is 11.7. The molecule has 0 radical (unpaired) electrons. The molecular weight excluding hydrogens is 220 g/mol. The summed E-state index contributed by atoms with van der Waals surface area (Å²) in [7, 11) is 2.08. The summed E-state index contributed by atoms with van der Waals surface area (Å²) in [5, 5.41) is 11.6. The third-order valence-electron chi connectivity index (χ3n) is 3.14. The zero-order valence-corrected chi connectivity index (χ0v) is 10.6. The van der Waals surface area contributed by atoms with Crippen molar-refractivity contribution < 1.29 is 14.7 Å². The van der Waals surface area contributed by atoms with Gasteiger partial charge >= 0.3 is 5.97 Å². The standard InChI is InChI=1S/C12H22N2O3/c1-9(8-12(16)17)7-11(15)13-10-3-5-14(2)6-4-10/h9-10H,3-8H2,1-2H3,(H,13,15)(H,16,17). The number of hydrogen-bond donors (Lipinski definition) is 2. The van der Waals surface area contributed by atoms with Gasteiger partial charge in [0, 0.05) is 18.9 Å². The molecule has 0 saturated carbocycles. The number of carbonyl (C=O) groups is 2. The number of carboxylic acid groups (broad SMARTS) is 1. The maximum Gasteiger partial charge on any atom is 0.303 e. The Morgan fingerprint density at radius 2 is 1.94 bits per heavy atom. The smallest absolute Gasteiger partial charge is 0.303 e. The minimum atomic E-state index is -0.843. The quantitative estimate of drug-likeness (QED) is 0.744. The van der Waals surface area contributed by atoms with Crippen molar-refractivity contribution in [3.63, 3.8) is 0 Å². The highest BCUT2D eigenvalue weighted by atomic mass is 16.4. The Labute approximate surface area is 102 Å². The van der Waals surface area contributed by atoms with E-state index in [1.165, 1.54) is 0 Å². The van der Waals surface area contributed by atoms with Gasteiger partial charge in [-0.25, -0.2) is 0 Å². The average molecular weight is 242 g/mol. The average Bonchev–Trinajstić information content (AvgIpc) is 2.19. The SMILES string of the molecule is CC(CC(=O)O)CC(=O)NC1CCN(C)CC1. The number of hydrogen-bond acceptors (Lipinski definition) is 3. The van der Waals surface area contributed by atoms with Gasteiger partial charge in [-0.2, -0.15) is 0 Å². The molecule has 2 N–H and O–H groups in total. The first-order chi connectivity index (χ1) is 7.97. The molecule has 1 amide bonds. The molecular formula is C12H22N2O3. The molecule has 1 heterocycles. The molecule has 1 unspecified atom stereocenters. The first-order valence-corrected chi connectivity index (χ1v) is 6.17. The molecule has 98 valence electrons. The van der Waals surface area contributed by atoms with Crippen LogP contribution in [0.2, 0.25) is 0 Å². The molecule has 17 heavy (non-hydrogen) atoms. The molecule has 0 aromatic carbocycles. The molecule has 1 fully saturated rings. The molecule has 1 aliphatic rings. The van der Waals surface area contributed by atoms with Crippen molar-refractivity contribution in [2.45, 2.75) is 38.6 Å². The number of amides is 1. The molecule has 0 aromatic heterocycles. The van der Waals surface area contributed by atoms with Crippen molar-refractivity contribution in [3.05, 3.63) is 0 Å². The molecule has 5 heteroatoms. The van der Waals surface area contributed by atoms with Crippen LogP contribution in [0.5, 0.6) is 0 Å². The molecule has 1 rings (SSSR count). The van der Waals surface area contributed by atoms with Gasteiger partial charge in [0.1, 0.15) is 0 Å². The Balaban J connectivity index is 2.22. The third kappa shape index (κ3) is 5.68. The van der Waals surface area contributed by atoms with E-state index in [1.807, 2.05) is 0 Å². The van der Waals surface area contributed by atoms with E-state index < -0.39 is 5.97 Å². The number of piperidine rings is 1. The van der Waals surface area contributed by atoms with Gasteiger partial charge in [-0.15, -0.1) is 0 Å². The highest BCUT2D eigenvalue weighted by molar-refractivity contribution is 5.77. The van der Waals surface area contributed by atoms with Gasteiger partial charge in [0.15, 0.2) is 0 Å². The number of rotatable bonds is 5. The van der Waals surface area contributed by atoms with Gasteiger partial charge in [0.2, 0.25) is 5.91 Å². The lowest BCUT2D eigenvalue weighted by atomic mass is 10.0. The fraction of sp³-hybridized carbons (Fsp3) is 0.833. The van der Waals surface area contributed by atoms with E-state index in [0.717, 1.165) is 25.9 Å². The summed E-state index contributed by atoms with van der Waals surface area (Å²) < 4.78 is 0. The van der Waals surface area contributed by atoms with Crippen LogP contribution in [0.25, 0.3) is 0 Å². The summed E-state index contributed by atoms with van der Waals surface area (Å²) in [6, 6.07) is 0.260. The van der Waals surface area contributed by atoms with Crippen LogP contribution < -0.4 is 5.32 Å². The Morgan fingerprint density at radius 3 is 2.47 bits per heavy atom. The maximum atomic E-state index is 11.7. The Kier molecular flexibility index (Phi) is 5.41. The first kappa shape index (κ1) is 14.0. The molecule has 0 spiro atoms. The minimum absolute atomic E-state index is 0.0201. The van der Waals surface area contributed by atoms with Gasteiger partial charge in [-0.3, -0.25) is 9.59 Å². The second-order valence-electron chi connectivity index (χ2n) is 5.05. The van der Waals surface area contributed by atoms with Crippen molar-refractivity contribution in [3.8, 4) is 0 Å². The molecule has 0 bridgehead atoms. The van der Waals surface area contributed by atoms with E-state index in [0.29, 0.717) is 6.42 Å². The number of nitrogens with one attached hydrogen (secondary N) is 1. The van der Waals surface area contributed by atoms with E-state index >= 15 is 0 Å². The van der Waals surface area contributed by atoms with Crippen molar-refractivity contribution in [1.29, 1.82) is 0 Å². The van der Waals surface area contributed by atoms with Crippen LogP contribution >= 0.6 is 0 Å². The predicted octanol–water partition coefficient (Wildman–Crippen LogP) is 0.698. The van der Waals surface area contributed by atoms with E-state index in [-0.39, 0.29) is 24.3 Å². The lowest BCUT2D eigenvalue weighted by molar-refractivity contribution is -0.138. The van der Waals surface area contributed by atoms with Gasteiger partial charge in [-0.1, -0.05) is 6.92 Å². The van der Waals surface area contributed by atoms with Crippen molar-refractivity contribution in [2.24, 2.45) is 5.92 Å². The summed E-state index contributed by atoms with van der Waals surface area (Å²) >= 11 is 0. The topological polar surface area (TPSA) is 69.6 Å². The fourth-order valence-corrected chi connectivity index (χ4v) is 2.13. The normalized spacial score (nSPS) is 19.9. The summed E-state index contributed by atoms with van der Waals surface area (Å²) in [6.07, 6.45) is 2.32. The summed E-state index contributed by atoms with van der Waals surface area (Å²) in [6.45, 7) is 3.81. The number of carbonyl (C=O) groups excluding carboxylic acids is 1. The molecule has 5 nitrogen and oxygen atoms in total. The zero-order chi connectivity index (χ0) is 12.8. The number of carboxylic acids is 1. The summed E-state index contributed by atoms with van der Waals surface area (Å²) in [4.78, 5) is 24.4.